The first kappa shape index (κ1) is 11.7. The summed E-state index contributed by atoms with van der Waals surface area (Å²) in [5.74, 6) is 2.07. The predicted molar refractivity (Wildman–Crippen MR) is 72.5 cm³/mol. The quantitative estimate of drug-likeness (QED) is 0.826. The van der Waals surface area contributed by atoms with Gasteiger partial charge in [-0.05, 0) is 68.6 Å². The molecule has 3 saturated carbocycles. The van der Waals surface area contributed by atoms with Gasteiger partial charge in [-0.2, -0.15) is 0 Å². The second-order valence-corrected chi connectivity index (χ2v) is 7.29. The number of hydrogen-bond donors (Lipinski definition) is 1. The number of hydrogen-bond acceptors (Lipinski definition) is 2. The van der Waals surface area contributed by atoms with Gasteiger partial charge in [0.1, 0.15) is 0 Å². The first-order valence-corrected chi connectivity index (χ1v) is 8.21. The summed E-state index contributed by atoms with van der Waals surface area (Å²) < 4.78 is 5.60. The third kappa shape index (κ3) is 2.12. The Morgan fingerprint density at radius 1 is 0.889 bits per heavy atom. The van der Waals surface area contributed by atoms with Crippen LogP contribution in [0, 0.1) is 17.3 Å². The van der Waals surface area contributed by atoms with Crippen molar-refractivity contribution in [3.8, 4) is 0 Å². The van der Waals surface area contributed by atoms with Crippen LogP contribution in [0.2, 0.25) is 0 Å². The minimum Gasteiger partial charge on any atom is -0.381 e. The SMILES string of the molecule is C1CC(NC(C2CC2)C2CC2)C2(C1)CCOCC2. The number of ether oxygens (including phenoxy) is 1. The van der Waals surface area contributed by atoms with Crippen molar-refractivity contribution in [1.29, 1.82) is 0 Å². The van der Waals surface area contributed by atoms with E-state index >= 15 is 0 Å². The molecule has 1 saturated heterocycles. The lowest BCUT2D eigenvalue weighted by molar-refractivity contribution is 0.00146. The van der Waals surface area contributed by atoms with E-state index in [0.717, 1.165) is 37.1 Å². The lowest BCUT2D eigenvalue weighted by atomic mass is 9.75. The topological polar surface area (TPSA) is 21.3 Å². The summed E-state index contributed by atoms with van der Waals surface area (Å²) >= 11 is 0. The van der Waals surface area contributed by atoms with E-state index in [4.69, 9.17) is 4.74 Å². The zero-order valence-electron chi connectivity index (χ0n) is 11.5. The summed E-state index contributed by atoms with van der Waals surface area (Å²) in [5, 5.41) is 4.14. The zero-order valence-corrected chi connectivity index (χ0v) is 11.5. The number of rotatable bonds is 4. The van der Waals surface area contributed by atoms with Crippen LogP contribution in [0.1, 0.15) is 57.8 Å². The average Bonchev–Trinajstić information content (AvgIpc) is 3.29. The van der Waals surface area contributed by atoms with Crippen molar-refractivity contribution in [2.24, 2.45) is 17.3 Å². The van der Waals surface area contributed by atoms with Crippen molar-refractivity contribution in [3.05, 3.63) is 0 Å². The second kappa shape index (κ2) is 4.49. The molecule has 0 amide bonds. The second-order valence-electron chi connectivity index (χ2n) is 7.29. The molecule has 3 aliphatic carbocycles. The van der Waals surface area contributed by atoms with Crippen molar-refractivity contribution in [1.82, 2.24) is 5.32 Å². The minimum absolute atomic E-state index is 0.611. The molecule has 1 N–H and O–H groups in total. The Morgan fingerprint density at radius 2 is 1.56 bits per heavy atom. The summed E-state index contributed by atoms with van der Waals surface area (Å²) in [5.41, 5.74) is 0.611. The van der Waals surface area contributed by atoms with Gasteiger partial charge in [-0.3, -0.25) is 0 Å². The van der Waals surface area contributed by atoms with Gasteiger partial charge in [0, 0.05) is 25.3 Å². The van der Waals surface area contributed by atoms with E-state index in [0.29, 0.717) is 5.41 Å². The smallest absolute Gasteiger partial charge is 0.0471 e. The van der Waals surface area contributed by atoms with Crippen molar-refractivity contribution in [3.63, 3.8) is 0 Å². The number of nitrogens with one attached hydrogen (secondary N) is 1. The Balaban J connectivity index is 1.45. The molecule has 4 rings (SSSR count). The molecule has 2 nitrogen and oxygen atoms in total. The minimum atomic E-state index is 0.611. The first-order chi connectivity index (χ1) is 8.87. The molecule has 1 spiro atoms. The van der Waals surface area contributed by atoms with Gasteiger partial charge in [0.15, 0.2) is 0 Å². The normalized spacial score (nSPS) is 35.5. The van der Waals surface area contributed by atoms with Crippen molar-refractivity contribution in [2.45, 2.75) is 69.9 Å². The van der Waals surface area contributed by atoms with Crippen molar-refractivity contribution >= 4 is 0 Å². The molecule has 102 valence electrons. The standard InChI is InChI=1S/C16H27NO/c1-2-14(16(7-1)8-10-18-11-9-16)17-15(12-3-4-12)13-5-6-13/h12-15,17H,1-11H2. The molecule has 0 bridgehead atoms. The van der Waals surface area contributed by atoms with E-state index < -0.39 is 0 Å². The molecule has 1 heterocycles. The van der Waals surface area contributed by atoms with Crippen LogP contribution in [0.15, 0.2) is 0 Å². The van der Waals surface area contributed by atoms with Crippen molar-refractivity contribution in [2.75, 3.05) is 13.2 Å². The molecule has 1 aliphatic heterocycles. The third-order valence-corrected chi connectivity index (χ3v) is 6.05. The summed E-state index contributed by atoms with van der Waals surface area (Å²) in [6.07, 6.45) is 12.9. The fourth-order valence-electron chi connectivity index (χ4n) is 4.58. The summed E-state index contributed by atoms with van der Waals surface area (Å²) in [6, 6.07) is 1.69. The lowest BCUT2D eigenvalue weighted by Crippen LogP contribution is -2.50. The first-order valence-electron chi connectivity index (χ1n) is 8.21. The third-order valence-electron chi connectivity index (χ3n) is 6.05. The Kier molecular flexibility index (Phi) is 2.92. The van der Waals surface area contributed by atoms with Gasteiger partial charge in [-0.15, -0.1) is 0 Å². The van der Waals surface area contributed by atoms with Gasteiger partial charge in [0.05, 0.1) is 0 Å². The molecule has 0 aromatic heterocycles. The van der Waals surface area contributed by atoms with E-state index in [9.17, 15) is 0 Å². The van der Waals surface area contributed by atoms with Crippen LogP contribution >= 0.6 is 0 Å². The van der Waals surface area contributed by atoms with E-state index in [1.54, 1.807) is 0 Å². The molecule has 4 fully saturated rings. The Hall–Kier alpha value is -0.0800. The molecule has 0 aromatic rings. The van der Waals surface area contributed by atoms with Gasteiger partial charge in [-0.25, -0.2) is 0 Å². The maximum absolute atomic E-state index is 5.60. The Bertz CT molecular complexity index is 290. The van der Waals surface area contributed by atoms with Crippen molar-refractivity contribution < 1.29 is 4.74 Å². The van der Waals surface area contributed by atoms with Crippen LogP contribution in [0.5, 0.6) is 0 Å². The van der Waals surface area contributed by atoms with E-state index in [1.165, 1.54) is 57.8 Å². The largest absolute Gasteiger partial charge is 0.381 e. The molecule has 2 heteroatoms. The molecule has 0 radical (unpaired) electrons. The van der Waals surface area contributed by atoms with Crippen LogP contribution in [-0.4, -0.2) is 25.3 Å². The van der Waals surface area contributed by atoms with E-state index in [-0.39, 0.29) is 0 Å². The summed E-state index contributed by atoms with van der Waals surface area (Å²) in [4.78, 5) is 0. The van der Waals surface area contributed by atoms with Gasteiger partial charge >= 0.3 is 0 Å². The maximum Gasteiger partial charge on any atom is 0.0471 e. The molecule has 1 atom stereocenters. The molecule has 0 aromatic carbocycles. The van der Waals surface area contributed by atoms with Crippen LogP contribution < -0.4 is 5.32 Å². The zero-order chi connectivity index (χ0) is 12.0. The fourth-order valence-corrected chi connectivity index (χ4v) is 4.58. The Morgan fingerprint density at radius 3 is 2.17 bits per heavy atom. The highest BCUT2D eigenvalue weighted by Gasteiger charge is 2.48. The highest BCUT2D eigenvalue weighted by Crippen LogP contribution is 2.49. The fraction of sp³-hybridized carbons (Fsp3) is 1.00. The molecular weight excluding hydrogens is 222 g/mol. The van der Waals surface area contributed by atoms with E-state index in [2.05, 4.69) is 5.32 Å². The molecule has 18 heavy (non-hydrogen) atoms. The maximum atomic E-state index is 5.60. The summed E-state index contributed by atoms with van der Waals surface area (Å²) in [7, 11) is 0. The predicted octanol–water partition coefficient (Wildman–Crippen LogP) is 3.11. The highest BCUT2D eigenvalue weighted by molar-refractivity contribution is 5.03. The highest BCUT2D eigenvalue weighted by atomic mass is 16.5. The van der Waals surface area contributed by atoms with Gasteiger partial charge in [-0.1, -0.05) is 6.42 Å². The molecule has 1 unspecified atom stereocenters. The van der Waals surface area contributed by atoms with Crippen LogP contribution in [-0.2, 0) is 4.74 Å². The van der Waals surface area contributed by atoms with Gasteiger partial charge < -0.3 is 10.1 Å². The summed E-state index contributed by atoms with van der Waals surface area (Å²) in [6.45, 7) is 2.02. The Labute approximate surface area is 111 Å². The van der Waals surface area contributed by atoms with Gasteiger partial charge in [0.2, 0.25) is 0 Å². The average molecular weight is 249 g/mol. The monoisotopic (exact) mass is 249 g/mol. The molecule has 4 aliphatic rings. The van der Waals surface area contributed by atoms with Crippen LogP contribution in [0.3, 0.4) is 0 Å². The van der Waals surface area contributed by atoms with E-state index in [1.807, 2.05) is 0 Å². The lowest BCUT2D eigenvalue weighted by Gasteiger charge is -2.41. The molecular formula is C16H27NO. The van der Waals surface area contributed by atoms with Crippen LogP contribution in [0.25, 0.3) is 0 Å². The van der Waals surface area contributed by atoms with Crippen LogP contribution in [0.4, 0.5) is 0 Å². The van der Waals surface area contributed by atoms with Gasteiger partial charge in [0.25, 0.3) is 0 Å².